The highest BCUT2D eigenvalue weighted by atomic mass is 79.9. The van der Waals surface area contributed by atoms with Crippen LogP contribution in [0, 0.1) is 0 Å². The molecule has 0 aliphatic heterocycles. The molecule has 1 aromatic heterocycles. The maximum atomic E-state index is 11.8. The van der Waals surface area contributed by atoms with E-state index in [9.17, 15) is 9.59 Å². The molecule has 0 radical (unpaired) electrons. The summed E-state index contributed by atoms with van der Waals surface area (Å²) in [6.45, 7) is 4.04. The lowest BCUT2D eigenvalue weighted by atomic mass is 10.1. The van der Waals surface area contributed by atoms with Crippen LogP contribution in [0.1, 0.15) is 40.6 Å². The Balaban J connectivity index is 2.92. The number of aromatic nitrogens is 1. The van der Waals surface area contributed by atoms with Crippen LogP contribution in [0.5, 0.6) is 0 Å². The Morgan fingerprint density at radius 1 is 1.42 bits per heavy atom. The summed E-state index contributed by atoms with van der Waals surface area (Å²) in [5.74, 6) is -0.442. The van der Waals surface area contributed by atoms with E-state index in [0.29, 0.717) is 16.5 Å². The molecule has 0 saturated heterocycles. The maximum absolute atomic E-state index is 11.8. The van der Waals surface area contributed by atoms with Crippen molar-refractivity contribution in [1.82, 2.24) is 4.57 Å². The summed E-state index contributed by atoms with van der Waals surface area (Å²) in [5, 5.41) is 0.630. The number of hydrogen-bond acceptors (Lipinski definition) is 3. The monoisotopic (exact) mass is 323 g/mol. The van der Waals surface area contributed by atoms with E-state index in [2.05, 4.69) is 15.9 Å². The third kappa shape index (κ3) is 2.18. The first-order chi connectivity index (χ1) is 9.01. The standard InChI is InChI=1S/C14H14BrNO3/c1-8(2)16-6-9(7-17)12-10(14(18)19-3)4-5-11(15)13(12)16/h4-8H,1-3H3. The van der Waals surface area contributed by atoms with Crippen molar-refractivity contribution < 1.29 is 14.3 Å². The summed E-state index contributed by atoms with van der Waals surface area (Å²) in [6.07, 6.45) is 2.53. The molecule has 0 unspecified atom stereocenters. The number of rotatable bonds is 3. The molecule has 0 N–H and O–H groups in total. The third-order valence-electron chi connectivity index (χ3n) is 3.04. The summed E-state index contributed by atoms with van der Waals surface area (Å²) in [4.78, 5) is 23.1. The number of halogens is 1. The Morgan fingerprint density at radius 2 is 2.11 bits per heavy atom. The lowest BCUT2D eigenvalue weighted by Gasteiger charge is -2.11. The zero-order chi connectivity index (χ0) is 14.2. The van der Waals surface area contributed by atoms with Crippen LogP contribution in [0.4, 0.5) is 0 Å². The molecule has 2 rings (SSSR count). The highest BCUT2D eigenvalue weighted by Crippen LogP contribution is 2.33. The normalized spacial score (nSPS) is 11.0. The number of fused-ring (bicyclic) bond motifs is 1. The van der Waals surface area contributed by atoms with Crippen LogP contribution in [0.2, 0.25) is 0 Å². The van der Waals surface area contributed by atoms with Gasteiger partial charge in [0.1, 0.15) is 0 Å². The predicted molar refractivity (Wildman–Crippen MR) is 76.8 cm³/mol. The van der Waals surface area contributed by atoms with Gasteiger partial charge in [-0.1, -0.05) is 0 Å². The summed E-state index contributed by atoms with van der Waals surface area (Å²) in [5.41, 5.74) is 1.73. The number of ether oxygens (including phenoxy) is 1. The zero-order valence-electron chi connectivity index (χ0n) is 10.9. The highest BCUT2D eigenvalue weighted by molar-refractivity contribution is 9.10. The second-order valence-electron chi connectivity index (χ2n) is 4.51. The van der Waals surface area contributed by atoms with Crippen LogP contribution in [-0.2, 0) is 4.74 Å². The second-order valence-corrected chi connectivity index (χ2v) is 5.37. The SMILES string of the molecule is COC(=O)c1ccc(Br)c2c1c(C=O)cn2C(C)C. The van der Waals surface area contributed by atoms with Crippen molar-refractivity contribution in [2.75, 3.05) is 7.11 Å². The molecule has 0 amide bonds. The van der Waals surface area contributed by atoms with Gasteiger partial charge in [0.05, 0.1) is 18.2 Å². The van der Waals surface area contributed by atoms with Crippen LogP contribution >= 0.6 is 15.9 Å². The Labute approximate surface area is 119 Å². The topological polar surface area (TPSA) is 48.3 Å². The van der Waals surface area contributed by atoms with Crippen molar-refractivity contribution in [3.05, 3.63) is 33.9 Å². The van der Waals surface area contributed by atoms with E-state index in [1.165, 1.54) is 7.11 Å². The highest BCUT2D eigenvalue weighted by Gasteiger charge is 2.20. The fraction of sp³-hybridized carbons (Fsp3) is 0.286. The van der Waals surface area contributed by atoms with Gasteiger partial charge in [-0.15, -0.1) is 0 Å². The maximum Gasteiger partial charge on any atom is 0.338 e. The summed E-state index contributed by atoms with van der Waals surface area (Å²) in [6, 6.07) is 3.64. The molecule has 100 valence electrons. The molecule has 1 heterocycles. The lowest BCUT2D eigenvalue weighted by Crippen LogP contribution is -2.03. The number of methoxy groups -OCH3 is 1. The number of nitrogens with zero attached hydrogens (tertiary/aromatic N) is 1. The van der Waals surface area contributed by atoms with Gasteiger partial charge in [-0.2, -0.15) is 0 Å². The molecule has 0 bridgehead atoms. The van der Waals surface area contributed by atoms with Crippen molar-refractivity contribution in [2.45, 2.75) is 19.9 Å². The van der Waals surface area contributed by atoms with Crippen LogP contribution in [0.3, 0.4) is 0 Å². The van der Waals surface area contributed by atoms with Gasteiger partial charge < -0.3 is 9.30 Å². The average molecular weight is 324 g/mol. The Bertz CT molecular complexity index is 658. The van der Waals surface area contributed by atoms with Crippen LogP contribution in [0.15, 0.2) is 22.8 Å². The predicted octanol–water partition coefficient (Wildman–Crippen LogP) is 3.58. The fourth-order valence-corrected chi connectivity index (χ4v) is 2.70. The molecule has 19 heavy (non-hydrogen) atoms. The molecule has 0 saturated carbocycles. The number of aldehydes is 1. The van der Waals surface area contributed by atoms with Crippen LogP contribution in [-0.4, -0.2) is 23.9 Å². The van der Waals surface area contributed by atoms with Gasteiger partial charge in [0.2, 0.25) is 0 Å². The summed E-state index contributed by atoms with van der Waals surface area (Å²) >= 11 is 3.47. The van der Waals surface area contributed by atoms with Gasteiger partial charge in [0, 0.05) is 27.7 Å². The molecule has 0 spiro atoms. The van der Waals surface area contributed by atoms with E-state index in [1.807, 2.05) is 18.4 Å². The molecule has 0 aliphatic carbocycles. The van der Waals surface area contributed by atoms with Crippen molar-refractivity contribution in [2.24, 2.45) is 0 Å². The van der Waals surface area contributed by atoms with Gasteiger partial charge in [0.25, 0.3) is 0 Å². The average Bonchev–Trinajstić information content (AvgIpc) is 2.79. The quantitative estimate of drug-likeness (QED) is 0.640. The van der Waals surface area contributed by atoms with Crippen molar-refractivity contribution in [1.29, 1.82) is 0 Å². The molecule has 0 aliphatic rings. The van der Waals surface area contributed by atoms with Crippen LogP contribution in [0.25, 0.3) is 10.9 Å². The molecule has 4 nitrogen and oxygen atoms in total. The van der Waals surface area contributed by atoms with E-state index < -0.39 is 5.97 Å². The van der Waals surface area contributed by atoms with Crippen molar-refractivity contribution in [3.8, 4) is 0 Å². The zero-order valence-corrected chi connectivity index (χ0v) is 12.5. The minimum absolute atomic E-state index is 0.181. The fourth-order valence-electron chi connectivity index (χ4n) is 2.17. The van der Waals surface area contributed by atoms with E-state index >= 15 is 0 Å². The molecule has 0 fully saturated rings. The number of hydrogen-bond donors (Lipinski definition) is 0. The number of esters is 1. The van der Waals surface area contributed by atoms with Crippen molar-refractivity contribution in [3.63, 3.8) is 0 Å². The molecule has 5 heteroatoms. The second kappa shape index (κ2) is 5.17. The van der Waals surface area contributed by atoms with Gasteiger partial charge in [-0.05, 0) is 41.9 Å². The molecular formula is C14H14BrNO3. The largest absolute Gasteiger partial charge is 0.465 e. The molecule has 1 aromatic carbocycles. The summed E-state index contributed by atoms with van der Waals surface area (Å²) in [7, 11) is 1.33. The Kier molecular flexibility index (Phi) is 3.75. The number of carbonyl (C=O) groups is 2. The third-order valence-corrected chi connectivity index (χ3v) is 3.68. The van der Waals surface area contributed by atoms with E-state index in [-0.39, 0.29) is 6.04 Å². The molecule has 0 atom stereocenters. The van der Waals surface area contributed by atoms with Gasteiger partial charge in [-0.3, -0.25) is 4.79 Å². The Morgan fingerprint density at radius 3 is 2.63 bits per heavy atom. The van der Waals surface area contributed by atoms with Gasteiger partial charge >= 0.3 is 5.97 Å². The Hall–Kier alpha value is -1.62. The van der Waals surface area contributed by atoms with Crippen molar-refractivity contribution >= 4 is 39.1 Å². The first kappa shape index (κ1) is 13.8. The van der Waals surface area contributed by atoms with E-state index in [0.717, 1.165) is 16.3 Å². The first-order valence-corrected chi connectivity index (χ1v) is 6.67. The number of benzene rings is 1. The lowest BCUT2D eigenvalue weighted by molar-refractivity contribution is 0.0603. The minimum atomic E-state index is -0.442. The molecule has 2 aromatic rings. The van der Waals surface area contributed by atoms with E-state index in [1.54, 1.807) is 18.3 Å². The first-order valence-electron chi connectivity index (χ1n) is 5.87. The van der Waals surface area contributed by atoms with Gasteiger partial charge in [0.15, 0.2) is 6.29 Å². The number of carbonyl (C=O) groups excluding carboxylic acids is 2. The van der Waals surface area contributed by atoms with Crippen LogP contribution < -0.4 is 0 Å². The van der Waals surface area contributed by atoms with Gasteiger partial charge in [-0.25, -0.2) is 4.79 Å². The molecular weight excluding hydrogens is 310 g/mol. The smallest absolute Gasteiger partial charge is 0.338 e. The van der Waals surface area contributed by atoms with E-state index in [4.69, 9.17) is 4.74 Å². The summed E-state index contributed by atoms with van der Waals surface area (Å²) < 4.78 is 7.59. The minimum Gasteiger partial charge on any atom is -0.465 e.